The summed E-state index contributed by atoms with van der Waals surface area (Å²) < 4.78 is 6.95. The first-order chi connectivity index (χ1) is 11.7. The molecule has 4 rings (SSSR count). The molecule has 0 aliphatic carbocycles. The van der Waals surface area contributed by atoms with Crippen LogP contribution >= 0.6 is 15.9 Å². The van der Waals surface area contributed by atoms with Crippen molar-refractivity contribution < 1.29 is 9.84 Å². The van der Waals surface area contributed by atoms with Crippen LogP contribution in [0.5, 0.6) is 5.75 Å². The van der Waals surface area contributed by atoms with Gasteiger partial charge in [0, 0.05) is 23.8 Å². The average molecular weight is 388 g/mol. The minimum Gasteiger partial charge on any atom is -0.507 e. The SMILES string of the molecule is CCc1ccc2c(c1)[C@@H]1OCCC[C@H]1[C@H](c1ccc(O)c(Br)c1)N2. The summed E-state index contributed by atoms with van der Waals surface area (Å²) in [4.78, 5) is 0. The van der Waals surface area contributed by atoms with Crippen molar-refractivity contribution in [1.29, 1.82) is 0 Å². The zero-order chi connectivity index (χ0) is 16.7. The van der Waals surface area contributed by atoms with Gasteiger partial charge in [0.25, 0.3) is 0 Å². The number of ether oxygens (including phenoxy) is 1. The van der Waals surface area contributed by atoms with E-state index in [0.29, 0.717) is 5.92 Å². The molecule has 4 heteroatoms. The molecule has 0 aromatic heterocycles. The summed E-state index contributed by atoms with van der Waals surface area (Å²) in [5.74, 6) is 0.689. The van der Waals surface area contributed by atoms with Crippen molar-refractivity contribution in [2.24, 2.45) is 5.92 Å². The zero-order valence-electron chi connectivity index (χ0n) is 13.8. The summed E-state index contributed by atoms with van der Waals surface area (Å²) >= 11 is 3.44. The summed E-state index contributed by atoms with van der Waals surface area (Å²) in [7, 11) is 0. The largest absolute Gasteiger partial charge is 0.507 e. The van der Waals surface area contributed by atoms with E-state index in [1.54, 1.807) is 6.07 Å². The molecule has 0 unspecified atom stereocenters. The minimum absolute atomic E-state index is 0.152. The van der Waals surface area contributed by atoms with Crippen LogP contribution in [0, 0.1) is 5.92 Å². The predicted molar refractivity (Wildman–Crippen MR) is 99.4 cm³/mol. The van der Waals surface area contributed by atoms with Gasteiger partial charge >= 0.3 is 0 Å². The molecule has 2 aliphatic heterocycles. The van der Waals surface area contributed by atoms with Crippen LogP contribution in [0.4, 0.5) is 5.69 Å². The highest BCUT2D eigenvalue weighted by atomic mass is 79.9. The molecule has 1 saturated heterocycles. The van der Waals surface area contributed by atoms with Gasteiger partial charge < -0.3 is 15.2 Å². The summed E-state index contributed by atoms with van der Waals surface area (Å²) in [6.45, 7) is 3.02. The van der Waals surface area contributed by atoms with Crippen molar-refractivity contribution >= 4 is 21.6 Å². The van der Waals surface area contributed by atoms with E-state index >= 15 is 0 Å². The smallest absolute Gasteiger partial charge is 0.129 e. The van der Waals surface area contributed by atoms with Crippen molar-refractivity contribution in [3.63, 3.8) is 0 Å². The van der Waals surface area contributed by atoms with E-state index in [0.717, 1.165) is 30.3 Å². The van der Waals surface area contributed by atoms with Gasteiger partial charge in [-0.2, -0.15) is 0 Å². The van der Waals surface area contributed by atoms with Gasteiger partial charge in [-0.25, -0.2) is 0 Å². The molecular formula is C20H22BrNO2. The molecule has 0 bridgehead atoms. The molecule has 126 valence electrons. The van der Waals surface area contributed by atoms with Crippen molar-refractivity contribution in [2.45, 2.75) is 38.3 Å². The van der Waals surface area contributed by atoms with Crippen LogP contribution in [0.15, 0.2) is 40.9 Å². The highest BCUT2D eigenvalue weighted by Gasteiger charge is 2.39. The first-order valence-electron chi connectivity index (χ1n) is 8.66. The highest BCUT2D eigenvalue weighted by molar-refractivity contribution is 9.10. The maximum Gasteiger partial charge on any atom is 0.129 e. The number of benzene rings is 2. The Morgan fingerprint density at radius 1 is 1.25 bits per heavy atom. The third-order valence-corrected chi connectivity index (χ3v) is 5.90. The Balaban J connectivity index is 1.77. The Bertz CT molecular complexity index is 761. The molecule has 3 atom stereocenters. The predicted octanol–water partition coefficient (Wildman–Crippen LogP) is 5.35. The van der Waals surface area contributed by atoms with Crippen molar-refractivity contribution in [3.05, 3.63) is 57.6 Å². The Morgan fingerprint density at radius 3 is 2.92 bits per heavy atom. The van der Waals surface area contributed by atoms with Gasteiger partial charge in [0.2, 0.25) is 0 Å². The Kier molecular flexibility index (Phi) is 4.27. The maximum atomic E-state index is 9.80. The molecule has 1 fully saturated rings. The van der Waals surface area contributed by atoms with Gasteiger partial charge in [-0.3, -0.25) is 0 Å². The third-order valence-electron chi connectivity index (χ3n) is 5.27. The van der Waals surface area contributed by atoms with E-state index < -0.39 is 0 Å². The van der Waals surface area contributed by atoms with E-state index in [4.69, 9.17) is 4.74 Å². The summed E-state index contributed by atoms with van der Waals surface area (Å²) in [6.07, 6.45) is 3.44. The lowest BCUT2D eigenvalue weighted by molar-refractivity contribution is -0.0381. The maximum absolute atomic E-state index is 9.80. The average Bonchev–Trinajstić information content (AvgIpc) is 2.63. The Hall–Kier alpha value is -1.52. The number of halogens is 1. The lowest BCUT2D eigenvalue weighted by Crippen LogP contribution is -2.36. The fourth-order valence-electron chi connectivity index (χ4n) is 3.99. The molecule has 2 heterocycles. The highest BCUT2D eigenvalue weighted by Crippen LogP contribution is 2.49. The first kappa shape index (κ1) is 16.0. The molecule has 2 aromatic rings. The van der Waals surface area contributed by atoms with E-state index in [1.807, 2.05) is 12.1 Å². The Labute approximate surface area is 151 Å². The quantitative estimate of drug-likeness (QED) is 0.729. The number of phenolic OH excluding ortho intramolecular Hbond substituents is 1. The second-order valence-corrected chi connectivity index (χ2v) is 7.56. The fourth-order valence-corrected chi connectivity index (χ4v) is 4.38. The topological polar surface area (TPSA) is 41.5 Å². The van der Waals surface area contributed by atoms with Crippen LogP contribution in [0.25, 0.3) is 0 Å². The lowest BCUT2D eigenvalue weighted by atomic mass is 9.77. The van der Waals surface area contributed by atoms with Gasteiger partial charge in [0.15, 0.2) is 0 Å². The number of anilines is 1. The van der Waals surface area contributed by atoms with Crippen LogP contribution in [0.1, 0.15) is 48.6 Å². The third kappa shape index (κ3) is 2.72. The van der Waals surface area contributed by atoms with Crippen molar-refractivity contribution in [3.8, 4) is 5.75 Å². The van der Waals surface area contributed by atoms with Crippen molar-refractivity contribution in [1.82, 2.24) is 0 Å². The molecule has 0 radical (unpaired) electrons. The Morgan fingerprint density at radius 2 is 2.12 bits per heavy atom. The molecule has 3 nitrogen and oxygen atoms in total. The number of aromatic hydroxyl groups is 1. The molecule has 0 spiro atoms. The summed E-state index contributed by atoms with van der Waals surface area (Å²) in [6, 6.07) is 12.7. The normalized spacial score (nSPS) is 25.5. The molecule has 2 aliphatic rings. The van der Waals surface area contributed by atoms with E-state index in [9.17, 15) is 5.11 Å². The summed E-state index contributed by atoms with van der Waals surface area (Å²) in [5, 5.41) is 13.5. The number of hydrogen-bond donors (Lipinski definition) is 2. The molecule has 24 heavy (non-hydrogen) atoms. The van der Waals surface area contributed by atoms with Crippen molar-refractivity contribution in [2.75, 3.05) is 11.9 Å². The van der Waals surface area contributed by atoms with E-state index in [1.165, 1.54) is 22.4 Å². The minimum atomic E-state index is 0.152. The zero-order valence-corrected chi connectivity index (χ0v) is 15.3. The number of fused-ring (bicyclic) bond motifs is 3. The lowest BCUT2D eigenvalue weighted by Gasteiger charge is -2.43. The van der Waals surface area contributed by atoms with Gasteiger partial charge in [0.05, 0.1) is 16.6 Å². The number of aryl methyl sites for hydroxylation is 1. The monoisotopic (exact) mass is 387 g/mol. The van der Waals surface area contributed by atoms with Crippen LogP contribution in [0.2, 0.25) is 0 Å². The summed E-state index contributed by atoms with van der Waals surface area (Å²) in [5.41, 5.74) is 5.01. The van der Waals surface area contributed by atoms with Crippen LogP contribution in [-0.4, -0.2) is 11.7 Å². The van der Waals surface area contributed by atoms with Crippen LogP contribution < -0.4 is 5.32 Å². The molecule has 0 saturated carbocycles. The fraction of sp³-hybridized carbons (Fsp3) is 0.400. The number of phenols is 1. The number of hydrogen-bond acceptors (Lipinski definition) is 3. The number of nitrogens with one attached hydrogen (secondary N) is 1. The molecule has 2 aromatic carbocycles. The molecule has 0 amide bonds. The van der Waals surface area contributed by atoms with Gasteiger partial charge in [-0.15, -0.1) is 0 Å². The first-order valence-corrected chi connectivity index (χ1v) is 9.46. The van der Waals surface area contributed by atoms with Gasteiger partial charge in [-0.05, 0) is 64.5 Å². The van der Waals surface area contributed by atoms with Gasteiger partial charge in [0.1, 0.15) is 5.75 Å². The molecular weight excluding hydrogens is 366 g/mol. The standard InChI is InChI=1S/C20H22BrNO2/c1-2-12-5-7-17-15(10-12)20-14(4-3-9-24-20)19(22-17)13-6-8-18(23)16(21)11-13/h5-8,10-11,14,19-20,22-23H,2-4,9H2,1H3/t14-,19-,20+/m0/s1. The second-order valence-electron chi connectivity index (χ2n) is 6.71. The van der Waals surface area contributed by atoms with Gasteiger partial charge in [-0.1, -0.05) is 25.1 Å². The van der Waals surface area contributed by atoms with E-state index in [2.05, 4.69) is 46.4 Å². The van der Waals surface area contributed by atoms with E-state index in [-0.39, 0.29) is 17.9 Å². The number of rotatable bonds is 2. The van der Waals surface area contributed by atoms with Crippen LogP contribution in [-0.2, 0) is 11.2 Å². The molecule has 2 N–H and O–H groups in total. The second kappa shape index (κ2) is 6.41. The van der Waals surface area contributed by atoms with Crippen LogP contribution in [0.3, 0.4) is 0 Å².